The number of hydrogen-bond acceptors (Lipinski definition) is 3. The van der Waals surface area contributed by atoms with Crippen molar-refractivity contribution in [3.8, 4) is 5.75 Å². The van der Waals surface area contributed by atoms with Crippen LogP contribution in [0.1, 0.15) is 12.5 Å². The molecule has 0 bridgehead atoms. The van der Waals surface area contributed by atoms with E-state index in [-0.39, 0.29) is 12.4 Å². The molecule has 0 aromatic heterocycles. The molecule has 0 fully saturated rings. The van der Waals surface area contributed by atoms with E-state index in [4.69, 9.17) is 16.3 Å². The molecule has 14 heavy (non-hydrogen) atoms. The molecule has 0 aliphatic carbocycles. The van der Waals surface area contributed by atoms with Crippen molar-refractivity contribution < 1.29 is 4.74 Å². The lowest BCUT2D eigenvalue weighted by atomic mass is 10.1. The Morgan fingerprint density at radius 2 is 2.14 bits per heavy atom. The standard InChI is InChI=1S/C10H15N3O/c1-2-8-5-3-4-6-9(8)14-7-10(11)13-12/h3-6H,2,7,12H2,1H3,(H2,11,13). The summed E-state index contributed by atoms with van der Waals surface area (Å²) in [6, 6.07) is 7.82. The highest BCUT2D eigenvalue weighted by Crippen LogP contribution is 2.17. The van der Waals surface area contributed by atoms with Crippen LogP contribution < -0.4 is 16.3 Å². The van der Waals surface area contributed by atoms with Crippen molar-refractivity contribution in [1.82, 2.24) is 0 Å². The maximum atomic E-state index is 5.44. The zero-order valence-electron chi connectivity index (χ0n) is 8.23. The van der Waals surface area contributed by atoms with Gasteiger partial charge in [0.05, 0.1) is 0 Å². The molecule has 0 atom stereocenters. The Morgan fingerprint density at radius 1 is 1.43 bits per heavy atom. The number of ether oxygens (including phenoxy) is 1. The molecule has 4 heteroatoms. The lowest BCUT2D eigenvalue weighted by Gasteiger charge is -2.08. The van der Waals surface area contributed by atoms with Gasteiger partial charge in [0.25, 0.3) is 0 Å². The van der Waals surface area contributed by atoms with E-state index < -0.39 is 0 Å². The Labute approximate surface area is 83.5 Å². The zero-order chi connectivity index (χ0) is 10.4. The lowest BCUT2D eigenvalue weighted by Crippen LogP contribution is -2.22. The van der Waals surface area contributed by atoms with Crippen LogP contribution in [-0.2, 0) is 6.42 Å². The predicted octanol–water partition coefficient (Wildman–Crippen LogP) is 0.859. The molecule has 0 saturated carbocycles. The smallest absolute Gasteiger partial charge is 0.157 e. The molecule has 1 aromatic rings. The predicted molar refractivity (Wildman–Crippen MR) is 57.1 cm³/mol. The van der Waals surface area contributed by atoms with Crippen LogP contribution in [0.25, 0.3) is 0 Å². The summed E-state index contributed by atoms with van der Waals surface area (Å²) in [7, 11) is 0. The molecule has 0 spiro atoms. The van der Waals surface area contributed by atoms with Crippen LogP contribution in [0.4, 0.5) is 0 Å². The summed E-state index contributed by atoms with van der Waals surface area (Å²) in [5.41, 5.74) is 6.56. The second kappa shape index (κ2) is 5.11. The van der Waals surface area contributed by atoms with Crippen molar-refractivity contribution in [3.05, 3.63) is 29.8 Å². The summed E-state index contributed by atoms with van der Waals surface area (Å²) in [6.07, 6.45) is 0.926. The van der Waals surface area contributed by atoms with Crippen molar-refractivity contribution in [2.75, 3.05) is 6.61 Å². The molecular formula is C10H15N3O. The average Bonchev–Trinajstić information content (AvgIpc) is 2.26. The molecule has 76 valence electrons. The van der Waals surface area contributed by atoms with E-state index in [1.807, 2.05) is 24.3 Å². The molecule has 4 nitrogen and oxygen atoms in total. The number of benzene rings is 1. The fourth-order valence-electron chi connectivity index (χ4n) is 1.13. The van der Waals surface area contributed by atoms with Crippen LogP contribution in [0.15, 0.2) is 29.4 Å². The average molecular weight is 193 g/mol. The molecule has 0 saturated heterocycles. The van der Waals surface area contributed by atoms with E-state index in [9.17, 15) is 0 Å². The molecule has 0 heterocycles. The minimum Gasteiger partial charge on any atom is -0.485 e. The fraction of sp³-hybridized carbons (Fsp3) is 0.300. The van der Waals surface area contributed by atoms with Crippen molar-refractivity contribution in [1.29, 1.82) is 0 Å². The third kappa shape index (κ3) is 2.65. The van der Waals surface area contributed by atoms with Crippen LogP contribution in [0.5, 0.6) is 5.75 Å². The molecule has 1 aromatic carbocycles. The van der Waals surface area contributed by atoms with Gasteiger partial charge in [-0.3, -0.25) is 0 Å². The van der Waals surface area contributed by atoms with E-state index in [1.54, 1.807) is 0 Å². The number of nitrogens with zero attached hydrogens (tertiary/aromatic N) is 1. The Morgan fingerprint density at radius 3 is 2.79 bits per heavy atom. The number of hydrogen-bond donors (Lipinski definition) is 2. The first-order chi connectivity index (χ1) is 6.77. The Bertz CT molecular complexity index is 323. The SMILES string of the molecule is CCc1ccccc1OC/C(N)=N/N. The van der Waals surface area contributed by atoms with Crippen LogP contribution in [-0.4, -0.2) is 12.4 Å². The number of nitrogens with two attached hydrogens (primary N) is 2. The summed E-state index contributed by atoms with van der Waals surface area (Å²) < 4.78 is 5.44. The largest absolute Gasteiger partial charge is 0.485 e. The maximum Gasteiger partial charge on any atom is 0.157 e. The van der Waals surface area contributed by atoms with Crippen molar-refractivity contribution >= 4 is 5.84 Å². The lowest BCUT2D eigenvalue weighted by molar-refractivity contribution is 0.371. The highest BCUT2D eigenvalue weighted by atomic mass is 16.5. The molecule has 0 radical (unpaired) electrons. The van der Waals surface area contributed by atoms with Gasteiger partial charge in [-0.15, -0.1) is 0 Å². The third-order valence-electron chi connectivity index (χ3n) is 1.89. The highest BCUT2D eigenvalue weighted by Gasteiger charge is 2.00. The van der Waals surface area contributed by atoms with E-state index in [2.05, 4.69) is 12.0 Å². The fourth-order valence-corrected chi connectivity index (χ4v) is 1.13. The number of para-hydroxylation sites is 1. The number of hydrazone groups is 1. The van der Waals surface area contributed by atoms with Crippen molar-refractivity contribution in [2.45, 2.75) is 13.3 Å². The van der Waals surface area contributed by atoms with Gasteiger partial charge < -0.3 is 16.3 Å². The summed E-state index contributed by atoms with van der Waals surface area (Å²) in [5, 5.41) is 3.33. The quantitative estimate of drug-likeness (QED) is 0.322. The van der Waals surface area contributed by atoms with E-state index in [1.165, 1.54) is 0 Å². The van der Waals surface area contributed by atoms with Gasteiger partial charge in [0, 0.05) is 0 Å². The van der Waals surface area contributed by atoms with E-state index in [0.717, 1.165) is 17.7 Å². The molecule has 0 aliphatic heterocycles. The third-order valence-corrected chi connectivity index (χ3v) is 1.89. The molecule has 4 N–H and O–H groups in total. The van der Waals surface area contributed by atoms with Gasteiger partial charge in [0.2, 0.25) is 0 Å². The first kappa shape index (κ1) is 10.4. The monoisotopic (exact) mass is 193 g/mol. The van der Waals surface area contributed by atoms with E-state index >= 15 is 0 Å². The summed E-state index contributed by atoms with van der Waals surface area (Å²) in [5.74, 6) is 6.11. The van der Waals surface area contributed by atoms with Gasteiger partial charge in [-0.2, -0.15) is 5.10 Å². The second-order valence-corrected chi connectivity index (χ2v) is 2.87. The van der Waals surface area contributed by atoms with Crippen LogP contribution >= 0.6 is 0 Å². The van der Waals surface area contributed by atoms with Crippen LogP contribution in [0, 0.1) is 0 Å². The van der Waals surface area contributed by atoms with Gasteiger partial charge in [-0.05, 0) is 18.1 Å². The zero-order valence-corrected chi connectivity index (χ0v) is 8.23. The van der Waals surface area contributed by atoms with Crippen molar-refractivity contribution in [3.63, 3.8) is 0 Å². The number of amidine groups is 1. The molecule has 1 rings (SSSR count). The first-order valence-electron chi connectivity index (χ1n) is 4.50. The minimum atomic E-state index is 0.230. The van der Waals surface area contributed by atoms with Crippen LogP contribution in [0.2, 0.25) is 0 Å². The summed E-state index contributed by atoms with van der Waals surface area (Å²) in [6.45, 7) is 2.30. The number of rotatable bonds is 4. The van der Waals surface area contributed by atoms with Gasteiger partial charge in [-0.25, -0.2) is 0 Å². The van der Waals surface area contributed by atoms with Gasteiger partial charge in [0.15, 0.2) is 5.84 Å². The topological polar surface area (TPSA) is 73.6 Å². The molecule has 0 aliphatic rings. The second-order valence-electron chi connectivity index (χ2n) is 2.87. The highest BCUT2D eigenvalue weighted by molar-refractivity contribution is 5.81. The molecular weight excluding hydrogens is 178 g/mol. The molecule has 0 amide bonds. The van der Waals surface area contributed by atoms with Gasteiger partial charge in [-0.1, -0.05) is 25.1 Å². The first-order valence-corrected chi connectivity index (χ1v) is 4.50. The van der Waals surface area contributed by atoms with Gasteiger partial charge >= 0.3 is 0 Å². The van der Waals surface area contributed by atoms with Gasteiger partial charge in [0.1, 0.15) is 12.4 Å². The van der Waals surface area contributed by atoms with Crippen LogP contribution in [0.3, 0.4) is 0 Å². The molecule has 0 unspecified atom stereocenters. The summed E-state index contributed by atoms with van der Waals surface area (Å²) >= 11 is 0. The maximum absolute atomic E-state index is 5.44. The Hall–Kier alpha value is -1.71. The summed E-state index contributed by atoms with van der Waals surface area (Å²) in [4.78, 5) is 0. The van der Waals surface area contributed by atoms with Crippen molar-refractivity contribution in [2.24, 2.45) is 16.7 Å². The number of aryl methyl sites for hydroxylation is 1. The Kier molecular flexibility index (Phi) is 3.79. The Balaban J connectivity index is 2.66. The van der Waals surface area contributed by atoms with E-state index in [0.29, 0.717) is 0 Å². The minimum absolute atomic E-state index is 0.230. The normalized spacial score (nSPS) is 11.4.